The molecule has 36 heavy (non-hydrogen) atoms. The van der Waals surface area contributed by atoms with Gasteiger partial charge in [-0.25, -0.2) is 4.57 Å². The van der Waals surface area contributed by atoms with Crippen LogP contribution in [0.3, 0.4) is 0 Å². The highest BCUT2D eigenvalue weighted by Gasteiger charge is 2.20. The molecule has 3 heterocycles. The maximum atomic E-state index is 13.5. The summed E-state index contributed by atoms with van der Waals surface area (Å²) in [5, 5.41) is 9.90. The van der Waals surface area contributed by atoms with Gasteiger partial charge in [-0.15, -0.1) is 16.8 Å². The van der Waals surface area contributed by atoms with Crippen molar-refractivity contribution in [3.05, 3.63) is 100 Å². The Labute approximate surface area is 213 Å². The van der Waals surface area contributed by atoms with E-state index in [1.165, 1.54) is 17.3 Å². The summed E-state index contributed by atoms with van der Waals surface area (Å²) in [5.74, 6) is 0.646. The molecule has 5 rings (SSSR count). The van der Waals surface area contributed by atoms with Crippen LogP contribution in [0.4, 0.5) is 0 Å². The van der Waals surface area contributed by atoms with E-state index < -0.39 is 0 Å². The molecule has 182 valence electrons. The number of rotatable bonds is 8. The summed E-state index contributed by atoms with van der Waals surface area (Å²) in [7, 11) is 0. The summed E-state index contributed by atoms with van der Waals surface area (Å²) in [4.78, 5) is 26.7. The summed E-state index contributed by atoms with van der Waals surface area (Å²) in [5.41, 5.74) is 5.13. The molecule has 3 aromatic heterocycles. The number of benzene rings is 2. The predicted molar refractivity (Wildman–Crippen MR) is 145 cm³/mol. The topological polar surface area (TPSA) is 74.2 Å². The maximum Gasteiger partial charge on any atom is 0.267 e. The second kappa shape index (κ2) is 9.62. The predicted octanol–water partition coefficient (Wildman–Crippen LogP) is 5.18. The molecule has 0 saturated carbocycles. The van der Waals surface area contributed by atoms with E-state index in [4.69, 9.17) is 0 Å². The largest absolute Gasteiger partial charge is 0.345 e. The SMILES string of the molecule is C=CCn1c(C)cc(C(=O)CSc2nnc3n(-c4ccc(CC)cc4)c(=O)c4ccccc4n23)c1C. The van der Waals surface area contributed by atoms with Crippen LogP contribution in [0, 0.1) is 13.8 Å². The molecule has 0 amide bonds. The molecule has 0 N–H and O–H groups in total. The Hall–Kier alpha value is -3.91. The number of nitrogens with zero attached hydrogens (tertiary/aromatic N) is 5. The Morgan fingerprint density at radius 2 is 1.83 bits per heavy atom. The van der Waals surface area contributed by atoms with E-state index in [1.54, 1.807) is 4.57 Å². The first-order chi connectivity index (χ1) is 17.4. The van der Waals surface area contributed by atoms with Gasteiger partial charge in [0.25, 0.3) is 5.56 Å². The van der Waals surface area contributed by atoms with E-state index in [-0.39, 0.29) is 17.1 Å². The molecular formula is C28H27N5O2S. The molecular weight excluding hydrogens is 470 g/mol. The summed E-state index contributed by atoms with van der Waals surface area (Å²) >= 11 is 1.32. The van der Waals surface area contributed by atoms with Gasteiger partial charge in [-0.3, -0.25) is 14.0 Å². The lowest BCUT2D eigenvalue weighted by molar-refractivity contribution is 0.102. The average Bonchev–Trinajstić information content (AvgIpc) is 3.44. The van der Waals surface area contributed by atoms with Crippen LogP contribution < -0.4 is 5.56 Å². The van der Waals surface area contributed by atoms with Gasteiger partial charge in [0.05, 0.1) is 22.3 Å². The summed E-state index contributed by atoms with van der Waals surface area (Å²) in [6.45, 7) is 10.5. The Morgan fingerprint density at radius 3 is 2.56 bits per heavy atom. The van der Waals surface area contributed by atoms with E-state index in [0.717, 1.165) is 23.5 Å². The van der Waals surface area contributed by atoms with Crippen molar-refractivity contribution in [2.45, 2.75) is 38.9 Å². The van der Waals surface area contributed by atoms with Crippen molar-refractivity contribution in [3.8, 4) is 5.69 Å². The number of ketones is 1. The Bertz CT molecular complexity index is 1670. The fraction of sp³-hybridized carbons (Fsp3) is 0.214. The van der Waals surface area contributed by atoms with Crippen LogP contribution in [0.25, 0.3) is 22.4 Å². The molecule has 8 heteroatoms. The number of carbonyl (C=O) groups is 1. The van der Waals surface area contributed by atoms with Gasteiger partial charge in [0.1, 0.15) is 0 Å². The van der Waals surface area contributed by atoms with Gasteiger partial charge in [0.15, 0.2) is 10.9 Å². The lowest BCUT2D eigenvalue weighted by atomic mass is 10.1. The molecule has 0 spiro atoms. The fourth-order valence-corrected chi connectivity index (χ4v) is 5.41. The first-order valence-electron chi connectivity index (χ1n) is 11.9. The molecule has 0 aliphatic heterocycles. The Balaban J connectivity index is 1.57. The van der Waals surface area contributed by atoms with E-state index in [9.17, 15) is 9.59 Å². The second-order valence-electron chi connectivity index (χ2n) is 8.69. The highest BCUT2D eigenvalue weighted by atomic mass is 32.2. The molecule has 0 saturated heterocycles. The summed E-state index contributed by atoms with van der Waals surface area (Å²) in [6, 6.07) is 17.2. The molecule has 5 aromatic rings. The van der Waals surface area contributed by atoms with Crippen molar-refractivity contribution < 1.29 is 4.79 Å². The van der Waals surface area contributed by atoms with Crippen LogP contribution in [0.5, 0.6) is 0 Å². The maximum absolute atomic E-state index is 13.5. The summed E-state index contributed by atoms with van der Waals surface area (Å²) in [6.07, 6.45) is 2.74. The number of Topliss-reactive ketones (excluding diaryl/α,β-unsaturated/α-hetero) is 1. The van der Waals surface area contributed by atoms with Gasteiger partial charge in [-0.05, 0) is 56.2 Å². The van der Waals surface area contributed by atoms with Crippen molar-refractivity contribution in [3.63, 3.8) is 0 Å². The van der Waals surface area contributed by atoms with Crippen molar-refractivity contribution in [2.24, 2.45) is 0 Å². The minimum atomic E-state index is -0.156. The van der Waals surface area contributed by atoms with Gasteiger partial charge >= 0.3 is 0 Å². The van der Waals surface area contributed by atoms with Crippen LogP contribution in [-0.4, -0.2) is 35.3 Å². The monoisotopic (exact) mass is 497 g/mol. The van der Waals surface area contributed by atoms with Crippen LogP contribution in [0.1, 0.15) is 34.2 Å². The highest BCUT2D eigenvalue weighted by molar-refractivity contribution is 7.99. The number of aromatic nitrogens is 5. The zero-order valence-corrected chi connectivity index (χ0v) is 21.4. The Kier molecular flexibility index (Phi) is 6.36. The molecule has 0 fully saturated rings. The third-order valence-corrected chi connectivity index (χ3v) is 7.44. The molecule has 0 radical (unpaired) electrons. The van der Waals surface area contributed by atoms with Crippen molar-refractivity contribution in [1.82, 2.24) is 23.7 Å². The lowest BCUT2D eigenvalue weighted by Gasteiger charge is -2.11. The van der Waals surface area contributed by atoms with Gasteiger partial charge in [-0.1, -0.05) is 49.0 Å². The van der Waals surface area contributed by atoms with Gasteiger partial charge in [0.2, 0.25) is 5.78 Å². The molecule has 0 bridgehead atoms. The quantitative estimate of drug-likeness (QED) is 0.168. The van der Waals surface area contributed by atoms with Crippen LogP contribution in [0.2, 0.25) is 0 Å². The number of hydrogen-bond donors (Lipinski definition) is 0. The first-order valence-corrected chi connectivity index (χ1v) is 12.8. The van der Waals surface area contributed by atoms with E-state index in [1.807, 2.05) is 78.9 Å². The van der Waals surface area contributed by atoms with Crippen LogP contribution >= 0.6 is 11.8 Å². The average molecular weight is 498 g/mol. The molecule has 0 unspecified atom stereocenters. The van der Waals surface area contributed by atoms with E-state index in [0.29, 0.717) is 33.9 Å². The number of para-hydroxylation sites is 1. The smallest absolute Gasteiger partial charge is 0.267 e. The van der Waals surface area contributed by atoms with E-state index in [2.05, 4.69) is 28.3 Å². The van der Waals surface area contributed by atoms with Crippen LogP contribution in [-0.2, 0) is 13.0 Å². The van der Waals surface area contributed by atoms with Gasteiger partial charge < -0.3 is 4.57 Å². The molecule has 0 atom stereocenters. The van der Waals surface area contributed by atoms with Crippen molar-refractivity contribution >= 4 is 34.2 Å². The van der Waals surface area contributed by atoms with E-state index >= 15 is 0 Å². The number of fused-ring (bicyclic) bond motifs is 3. The number of aryl methyl sites for hydroxylation is 2. The van der Waals surface area contributed by atoms with Gasteiger partial charge in [0, 0.05) is 23.5 Å². The zero-order chi connectivity index (χ0) is 25.4. The second-order valence-corrected chi connectivity index (χ2v) is 9.63. The third-order valence-electron chi connectivity index (χ3n) is 6.52. The number of carbonyl (C=O) groups excluding carboxylic acids is 1. The standard InChI is InChI=1S/C28H27N5O2S/c1-5-15-31-18(3)16-23(19(31)4)25(34)17-36-28-30-29-27-32(21-13-11-20(6-2)12-14-21)26(35)22-9-7-8-10-24(22)33(27)28/h5,7-14,16H,1,6,15,17H2,2-4H3. The molecule has 0 aliphatic carbocycles. The third kappa shape index (κ3) is 3.97. The lowest BCUT2D eigenvalue weighted by Crippen LogP contribution is -2.21. The number of hydrogen-bond acceptors (Lipinski definition) is 5. The van der Waals surface area contributed by atoms with Crippen molar-refractivity contribution in [2.75, 3.05) is 5.75 Å². The fourth-order valence-electron chi connectivity index (χ4n) is 4.59. The first kappa shape index (κ1) is 23.8. The van der Waals surface area contributed by atoms with Crippen molar-refractivity contribution in [1.29, 1.82) is 0 Å². The number of allylic oxidation sites excluding steroid dienone is 1. The number of thioether (sulfide) groups is 1. The summed E-state index contributed by atoms with van der Waals surface area (Å²) < 4.78 is 5.53. The minimum absolute atomic E-state index is 0.0212. The molecule has 0 aliphatic rings. The normalized spacial score (nSPS) is 11.4. The van der Waals surface area contributed by atoms with Gasteiger partial charge in [-0.2, -0.15) is 0 Å². The molecule has 7 nitrogen and oxygen atoms in total. The minimum Gasteiger partial charge on any atom is -0.345 e. The van der Waals surface area contributed by atoms with Crippen LogP contribution in [0.15, 0.2) is 77.2 Å². The zero-order valence-electron chi connectivity index (χ0n) is 20.6. The highest BCUT2D eigenvalue weighted by Crippen LogP contribution is 2.25. The Morgan fingerprint density at radius 1 is 1.08 bits per heavy atom. The molecule has 2 aromatic carbocycles.